The predicted octanol–water partition coefficient (Wildman–Crippen LogP) is 4.49. The molecular formula is C18H25ClO3. The van der Waals surface area contributed by atoms with Gasteiger partial charge >= 0.3 is 5.97 Å². The monoisotopic (exact) mass is 324 g/mol. The summed E-state index contributed by atoms with van der Waals surface area (Å²) >= 11 is 6.33. The third kappa shape index (κ3) is 3.75. The van der Waals surface area contributed by atoms with E-state index in [0.29, 0.717) is 12.5 Å². The SMILES string of the molecule is CCCOc1c(C)cc(Cl)c(C)c1CCC1CC1C(=O)OC. The number of carbonyl (C=O) groups excluding carboxylic acids is 1. The van der Waals surface area contributed by atoms with Gasteiger partial charge in [-0.15, -0.1) is 0 Å². The molecule has 2 unspecified atom stereocenters. The van der Waals surface area contributed by atoms with Gasteiger partial charge < -0.3 is 9.47 Å². The first kappa shape index (κ1) is 17.1. The minimum Gasteiger partial charge on any atom is -0.493 e. The van der Waals surface area contributed by atoms with Crippen molar-refractivity contribution in [2.24, 2.45) is 11.8 Å². The third-order valence-corrected chi connectivity index (χ3v) is 4.82. The molecule has 0 amide bonds. The second kappa shape index (κ2) is 7.36. The van der Waals surface area contributed by atoms with Crippen molar-refractivity contribution in [2.45, 2.75) is 46.5 Å². The number of esters is 1. The minimum absolute atomic E-state index is 0.0774. The van der Waals surface area contributed by atoms with Crippen LogP contribution in [0.15, 0.2) is 6.07 Å². The Morgan fingerprint density at radius 2 is 2.14 bits per heavy atom. The molecule has 1 aliphatic carbocycles. The van der Waals surface area contributed by atoms with Crippen LogP contribution >= 0.6 is 11.6 Å². The number of rotatable bonds is 7. The van der Waals surface area contributed by atoms with E-state index in [2.05, 4.69) is 6.92 Å². The van der Waals surface area contributed by atoms with Crippen LogP contribution in [0.1, 0.15) is 42.9 Å². The van der Waals surface area contributed by atoms with E-state index in [0.717, 1.165) is 47.6 Å². The third-order valence-electron chi connectivity index (χ3n) is 4.43. The van der Waals surface area contributed by atoms with Crippen molar-refractivity contribution in [1.29, 1.82) is 0 Å². The number of hydrogen-bond acceptors (Lipinski definition) is 3. The fraction of sp³-hybridized carbons (Fsp3) is 0.611. The zero-order valence-electron chi connectivity index (χ0n) is 13.9. The topological polar surface area (TPSA) is 35.5 Å². The maximum atomic E-state index is 11.5. The molecule has 0 aliphatic heterocycles. The average Bonchev–Trinajstić information content (AvgIpc) is 3.27. The number of methoxy groups -OCH3 is 1. The molecule has 0 N–H and O–H groups in total. The average molecular weight is 325 g/mol. The van der Waals surface area contributed by atoms with Crippen LogP contribution in [0, 0.1) is 25.7 Å². The van der Waals surface area contributed by atoms with E-state index < -0.39 is 0 Å². The second-order valence-electron chi connectivity index (χ2n) is 6.12. The van der Waals surface area contributed by atoms with Crippen molar-refractivity contribution >= 4 is 17.6 Å². The zero-order chi connectivity index (χ0) is 16.3. The maximum Gasteiger partial charge on any atom is 0.308 e. The summed E-state index contributed by atoms with van der Waals surface area (Å²) in [6.07, 6.45) is 3.79. The smallest absolute Gasteiger partial charge is 0.308 e. The first-order chi connectivity index (χ1) is 10.5. The Balaban J connectivity index is 2.10. The summed E-state index contributed by atoms with van der Waals surface area (Å²) in [7, 11) is 1.46. The second-order valence-corrected chi connectivity index (χ2v) is 6.53. The molecule has 3 nitrogen and oxygen atoms in total. The van der Waals surface area contributed by atoms with Crippen LogP contribution in [0.5, 0.6) is 5.75 Å². The summed E-state index contributed by atoms with van der Waals surface area (Å²) in [5.74, 6) is 1.42. The molecule has 1 aromatic carbocycles. The minimum atomic E-state index is -0.0774. The number of hydrogen-bond donors (Lipinski definition) is 0. The molecule has 0 spiro atoms. The van der Waals surface area contributed by atoms with Gasteiger partial charge in [0.2, 0.25) is 0 Å². The van der Waals surface area contributed by atoms with E-state index in [9.17, 15) is 4.79 Å². The van der Waals surface area contributed by atoms with Crippen LogP contribution in [-0.4, -0.2) is 19.7 Å². The van der Waals surface area contributed by atoms with Crippen molar-refractivity contribution in [3.8, 4) is 5.75 Å². The van der Waals surface area contributed by atoms with Gasteiger partial charge in [-0.05, 0) is 68.2 Å². The molecule has 1 saturated carbocycles. The summed E-state index contributed by atoms with van der Waals surface area (Å²) in [5, 5.41) is 0.789. The number of carbonyl (C=O) groups is 1. The highest BCUT2D eigenvalue weighted by atomic mass is 35.5. The number of halogens is 1. The molecule has 1 aliphatic rings. The first-order valence-corrected chi connectivity index (χ1v) is 8.36. The number of ether oxygens (including phenoxy) is 2. The van der Waals surface area contributed by atoms with E-state index in [1.54, 1.807) is 0 Å². The fourth-order valence-electron chi connectivity index (χ4n) is 2.96. The van der Waals surface area contributed by atoms with Crippen LogP contribution < -0.4 is 4.74 Å². The van der Waals surface area contributed by atoms with Crippen LogP contribution in [-0.2, 0) is 16.0 Å². The largest absolute Gasteiger partial charge is 0.493 e. The van der Waals surface area contributed by atoms with Gasteiger partial charge in [0.25, 0.3) is 0 Å². The Bertz CT molecular complexity index is 554. The van der Waals surface area contributed by atoms with Crippen molar-refractivity contribution in [3.05, 3.63) is 27.8 Å². The van der Waals surface area contributed by atoms with Crippen molar-refractivity contribution in [1.82, 2.24) is 0 Å². The van der Waals surface area contributed by atoms with Gasteiger partial charge in [-0.1, -0.05) is 18.5 Å². The lowest BCUT2D eigenvalue weighted by atomic mass is 9.97. The highest BCUT2D eigenvalue weighted by Crippen LogP contribution is 2.44. The molecule has 1 aromatic rings. The van der Waals surface area contributed by atoms with Gasteiger partial charge in [-0.3, -0.25) is 4.79 Å². The van der Waals surface area contributed by atoms with Crippen LogP contribution in [0.2, 0.25) is 5.02 Å². The van der Waals surface area contributed by atoms with E-state index in [4.69, 9.17) is 21.1 Å². The van der Waals surface area contributed by atoms with Gasteiger partial charge in [0.05, 0.1) is 19.6 Å². The van der Waals surface area contributed by atoms with Gasteiger partial charge in [0.1, 0.15) is 5.75 Å². The maximum absolute atomic E-state index is 11.5. The quantitative estimate of drug-likeness (QED) is 0.693. The molecule has 22 heavy (non-hydrogen) atoms. The lowest BCUT2D eigenvalue weighted by Crippen LogP contribution is -2.06. The van der Waals surface area contributed by atoms with Gasteiger partial charge in [0, 0.05) is 5.02 Å². The molecular weight excluding hydrogens is 300 g/mol. The Morgan fingerprint density at radius 1 is 1.41 bits per heavy atom. The molecule has 0 bridgehead atoms. The van der Waals surface area contributed by atoms with Crippen LogP contribution in [0.4, 0.5) is 0 Å². The van der Waals surface area contributed by atoms with Crippen molar-refractivity contribution in [2.75, 3.05) is 13.7 Å². The van der Waals surface area contributed by atoms with E-state index in [1.807, 2.05) is 19.9 Å². The van der Waals surface area contributed by atoms with Crippen molar-refractivity contribution < 1.29 is 14.3 Å². The summed E-state index contributed by atoms with van der Waals surface area (Å²) in [6, 6.07) is 1.97. The molecule has 0 saturated heterocycles. The molecule has 122 valence electrons. The number of aryl methyl sites for hydroxylation is 1. The molecule has 0 heterocycles. The number of benzene rings is 1. The normalized spacial score (nSPS) is 19.9. The molecule has 1 fully saturated rings. The summed E-state index contributed by atoms with van der Waals surface area (Å²) in [5.41, 5.74) is 3.36. The molecule has 4 heteroatoms. The first-order valence-electron chi connectivity index (χ1n) is 7.98. The van der Waals surface area contributed by atoms with Gasteiger partial charge in [-0.25, -0.2) is 0 Å². The van der Waals surface area contributed by atoms with E-state index in [-0.39, 0.29) is 11.9 Å². The standard InChI is InChI=1S/C18H25ClO3/c1-5-8-22-17-11(2)9-16(19)12(3)14(17)7-6-13-10-15(13)18(20)21-4/h9,13,15H,5-8,10H2,1-4H3. The summed E-state index contributed by atoms with van der Waals surface area (Å²) < 4.78 is 10.8. The lowest BCUT2D eigenvalue weighted by molar-refractivity contribution is -0.142. The summed E-state index contributed by atoms with van der Waals surface area (Å²) in [4.78, 5) is 11.5. The Labute approximate surface area is 137 Å². The van der Waals surface area contributed by atoms with Gasteiger partial charge in [0.15, 0.2) is 0 Å². The molecule has 2 rings (SSSR count). The van der Waals surface area contributed by atoms with Crippen molar-refractivity contribution in [3.63, 3.8) is 0 Å². The Kier molecular flexibility index (Phi) is 5.74. The highest BCUT2D eigenvalue weighted by Gasteiger charge is 2.43. The zero-order valence-corrected chi connectivity index (χ0v) is 14.6. The summed E-state index contributed by atoms with van der Waals surface area (Å²) in [6.45, 7) is 6.89. The fourth-order valence-corrected chi connectivity index (χ4v) is 3.24. The van der Waals surface area contributed by atoms with E-state index >= 15 is 0 Å². The van der Waals surface area contributed by atoms with Crippen LogP contribution in [0.3, 0.4) is 0 Å². The lowest BCUT2D eigenvalue weighted by Gasteiger charge is -2.17. The highest BCUT2D eigenvalue weighted by molar-refractivity contribution is 6.31. The molecule has 2 atom stereocenters. The predicted molar refractivity (Wildman–Crippen MR) is 88.6 cm³/mol. The molecule has 0 radical (unpaired) electrons. The Hall–Kier alpha value is -1.22. The van der Waals surface area contributed by atoms with E-state index in [1.165, 1.54) is 12.7 Å². The van der Waals surface area contributed by atoms with Crippen LogP contribution in [0.25, 0.3) is 0 Å². The molecule has 0 aromatic heterocycles. The van der Waals surface area contributed by atoms with Gasteiger partial charge in [-0.2, -0.15) is 0 Å². The Morgan fingerprint density at radius 3 is 2.77 bits per heavy atom.